The molecule has 0 atom stereocenters. The molecule has 2 aromatic heterocycles. The third-order valence-corrected chi connectivity index (χ3v) is 2.54. The van der Waals surface area contributed by atoms with Crippen LogP contribution in [0.5, 0.6) is 0 Å². The maximum Gasteiger partial charge on any atom is 0.250 e. The van der Waals surface area contributed by atoms with Crippen molar-refractivity contribution in [3.63, 3.8) is 0 Å². The lowest BCUT2D eigenvalue weighted by Crippen LogP contribution is -2.13. The van der Waals surface area contributed by atoms with E-state index in [1.165, 1.54) is 10.6 Å². The number of hydrogen-bond acceptors (Lipinski definition) is 3. The number of nitrogens with zero attached hydrogens (tertiary/aromatic N) is 1. The first-order valence-electron chi connectivity index (χ1n) is 5.40. The smallest absolute Gasteiger partial charge is 0.250 e. The third kappa shape index (κ3) is 2.53. The molecule has 0 aliphatic rings. The summed E-state index contributed by atoms with van der Waals surface area (Å²) in [5.41, 5.74) is 0.797. The van der Waals surface area contributed by atoms with Gasteiger partial charge in [-0.3, -0.25) is 4.79 Å². The zero-order valence-corrected chi connectivity index (χ0v) is 9.55. The lowest BCUT2D eigenvalue weighted by Gasteiger charge is -2.00. The molecule has 0 N–H and O–H groups in total. The third-order valence-electron chi connectivity index (χ3n) is 2.54. The van der Waals surface area contributed by atoms with Crippen molar-refractivity contribution in [1.82, 2.24) is 4.57 Å². The van der Waals surface area contributed by atoms with Crippen LogP contribution in [0.25, 0.3) is 11.3 Å². The number of carbonyl (C=O) groups excluding carboxylic acids is 1. The number of hydrogen-bond donors (Lipinski definition) is 0. The Bertz CT molecular complexity index is 580. The number of rotatable bonds is 4. The number of aldehydes is 1. The van der Waals surface area contributed by atoms with E-state index in [0.717, 1.165) is 17.6 Å². The largest absolute Gasteiger partial charge is 0.461 e. The molecule has 0 saturated carbocycles. The van der Waals surface area contributed by atoms with Gasteiger partial charge in [0.1, 0.15) is 17.8 Å². The van der Waals surface area contributed by atoms with E-state index in [0.29, 0.717) is 18.6 Å². The van der Waals surface area contributed by atoms with Gasteiger partial charge in [0.2, 0.25) is 5.56 Å². The van der Waals surface area contributed by atoms with Crippen molar-refractivity contribution in [2.45, 2.75) is 12.8 Å². The Hall–Kier alpha value is -2.10. The van der Waals surface area contributed by atoms with Crippen LogP contribution in [0.15, 0.2) is 39.7 Å². The minimum absolute atomic E-state index is 0.0542. The highest BCUT2D eigenvalue weighted by Gasteiger charge is 2.05. The maximum atomic E-state index is 11.2. The zero-order chi connectivity index (χ0) is 12.3. The Kier molecular flexibility index (Phi) is 3.23. The molecule has 0 radical (unpaired) electrons. The molecule has 0 spiro atoms. The Balaban J connectivity index is 2.27. The van der Waals surface area contributed by atoms with Crippen LogP contribution in [-0.2, 0) is 18.3 Å². The predicted octanol–water partition coefficient (Wildman–Crippen LogP) is 1.78. The second-order valence-electron chi connectivity index (χ2n) is 3.84. The molecule has 0 aliphatic carbocycles. The van der Waals surface area contributed by atoms with Crippen LogP contribution in [0.3, 0.4) is 0 Å². The molecule has 88 valence electrons. The molecule has 2 heterocycles. The van der Waals surface area contributed by atoms with Gasteiger partial charge >= 0.3 is 0 Å². The van der Waals surface area contributed by atoms with Gasteiger partial charge in [0.05, 0.1) is 0 Å². The SMILES string of the molecule is Cn1cc(-c2ccc(CCC=O)o2)ccc1=O. The fraction of sp³-hybridized carbons (Fsp3) is 0.231. The van der Waals surface area contributed by atoms with Crippen molar-refractivity contribution in [1.29, 1.82) is 0 Å². The van der Waals surface area contributed by atoms with Gasteiger partial charge in [0, 0.05) is 37.7 Å². The molecule has 0 aliphatic heterocycles. The molecular weight excluding hydrogens is 218 g/mol. The number of pyridine rings is 1. The van der Waals surface area contributed by atoms with Crippen LogP contribution in [-0.4, -0.2) is 10.9 Å². The molecule has 4 nitrogen and oxygen atoms in total. The number of aromatic nitrogens is 1. The zero-order valence-electron chi connectivity index (χ0n) is 9.55. The minimum atomic E-state index is -0.0542. The van der Waals surface area contributed by atoms with E-state index in [1.54, 1.807) is 19.3 Å². The van der Waals surface area contributed by atoms with Crippen molar-refractivity contribution in [3.8, 4) is 11.3 Å². The monoisotopic (exact) mass is 231 g/mol. The van der Waals surface area contributed by atoms with E-state index in [2.05, 4.69) is 0 Å². The highest BCUT2D eigenvalue weighted by Crippen LogP contribution is 2.21. The molecule has 17 heavy (non-hydrogen) atoms. The Morgan fingerprint density at radius 1 is 1.29 bits per heavy atom. The van der Waals surface area contributed by atoms with Crippen molar-refractivity contribution in [3.05, 3.63) is 46.6 Å². The van der Waals surface area contributed by atoms with Crippen molar-refractivity contribution in [2.75, 3.05) is 0 Å². The van der Waals surface area contributed by atoms with Gasteiger partial charge in [-0.2, -0.15) is 0 Å². The summed E-state index contributed by atoms with van der Waals surface area (Å²) in [6, 6.07) is 6.93. The molecule has 0 bridgehead atoms. The fourth-order valence-corrected chi connectivity index (χ4v) is 1.61. The summed E-state index contributed by atoms with van der Waals surface area (Å²) in [6.45, 7) is 0. The number of carbonyl (C=O) groups is 1. The van der Waals surface area contributed by atoms with Gasteiger partial charge in [0.25, 0.3) is 0 Å². The number of furan rings is 1. The topological polar surface area (TPSA) is 52.2 Å². The second-order valence-corrected chi connectivity index (χ2v) is 3.84. The molecule has 0 unspecified atom stereocenters. The molecular formula is C13H13NO3. The standard InChI is InChI=1S/C13H13NO3/c1-14-9-10(4-7-13(14)16)12-6-5-11(17-12)3-2-8-15/h4-9H,2-3H2,1H3. The van der Waals surface area contributed by atoms with E-state index in [9.17, 15) is 9.59 Å². The summed E-state index contributed by atoms with van der Waals surface area (Å²) in [5, 5.41) is 0. The summed E-state index contributed by atoms with van der Waals surface area (Å²) in [6.07, 6.45) is 3.66. The van der Waals surface area contributed by atoms with Gasteiger partial charge < -0.3 is 13.8 Å². The van der Waals surface area contributed by atoms with Crippen LogP contribution in [0.1, 0.15) is 12.2 Å². The lowest BCUT2D eigenvalue weighted by atomic mass is 10.2. The summed E-state index contributed by atoms with van der Waals surface area (Å²) < 4.78 is 7.10. The van der Waals surface area contributed by atoms with Gasteiger partial charge in [-0.25, -0.2) is 0 Å². The second kappa shape index (κ2) is 4.82. The van der Waals surface area contributed by atoms with Crippen LogP contribution < -0.4 is 5.56 Å². The van der Waals surface area contributed by atoms with Crippen LogP contribution >= 0.6 is 0 Å². The molecule has 4 heteroatoms. The normalized spacial score (nSPS) is 10.4. The highest BCUT2D eigenvalue weighted by molar-refractivity contribution is 5.56. The van der Waals surface area contributed by atoms with Gasteiger partial charge in [-0.05, 0) is 18.2 Å². The number of aryl methyl sites for hydroxylation is 2. The first-order valence-corrected chi connectivity index (χ1v) is 5.40. The predicted molar refractivity (Wildman–Crippen MR) is 63.8 cm³/mol. The molecule has 0 fully saturated rings. The van der Waals surface area contributed by atoms with E-state index in [4.69, 9.17) is 4.42 Å². The Morgan fingerprint density at radius 2 is 2.12 bits per heavy atom. The van der Waals surface area contributed by atoms with E-state index in [1.807, 2.05) is 12.1 Å². The van der Waals surface area contributed by atoms with Gasteiger partial charge in [-0.15, -0.1) is 0 Å². The highest BCUT2D eigenvalue weighted by atomic mass is 16.3. The summed E-state index contributed by atoms with van der Waals surface area (Å²) in [4.78, 5) is 21.5. The minimum Gasteiger partial charge on any atom is -0.461 e. The Morgan fingerprint density at radius 3 is 2.82 bits per heavy atom. The molecule has 2 aromatic rings. The van der Waals surface area contributed by atoms with Crippen molar-refractivity contribution in [2.24, 2.45) is 7.05 Å². The van der Waals surface area contributed by atoms with Crippen LogP contribution in [0.4, 0.5) is 0 Å². The van der Waals surface area contributed by atoms with Crippen LogP contribution in [0, 0.1) is 0 Å². The fourth-order valence-electron chi connectivity index (χ4n) is 1.61. The molecule has 0 saturated heterocycles. The van der Waals surface area contributed by atoms with E-state index in [-0.39, 0.29) is 5.56 Å². The molecule has 0 amide bonds. The quantitative estimate of drug-likeness (QED) is 0.753. The van der Waals surface area contributed by atoms with E-state index >= 15 is 0 Å². The van der Waals surface area contributed by atoms with E-state index < -0.39 is 0 Å². The summed E-state index contributed by atoms with van der Waals surface area (Å²) >= 11 is 0. The average molecular weight is 231 g/mol. The Labute approximate surface area is 98.5 Å². The average Bonchev–Trinajstić information content (AvgIpc) is 2.79. The van der Waals surface area contributed by atoms with Crippen molar-refractivity contribution >= 4 is 6.29 Å². The summed E-state index contributed by atoms with van der Waals surface area (Å²) in [5.74, 6) is 1.49. The first kappa shape index (κ1) is 11.4. The maximum absolute atomic E-state index is 11.2. The molecule has 0 aromatic carbocycles. The first-order chi connectivity index (χ1) is 8.20. The van der Waals surface area contributed by atoms with Gasteiger partial charge in [0.15, 0.2) is 0 Å². The summed E-state index contributed by atoms with van der Waals surface area (Å²) in [7, 11) is 1.70. The van der Waals surface area contributed by atoms with Crippen molar-refractivity contribution < 1.29 is 9.21 Å². The molecule has 2 rings (SSSR count). The van der Waals surface area contributed by atoms with Crippen LogP contribution in [0.2, 0.25) is 0 Å². The lowest BCUT2D eigenvalue weighted by molar-refractivity contribution is -0.107. The van der Waals surface area contributed by atoms with Gasteiger partial charge in [-0.1, -0.05) is 0 Å².